The number of halogens is 3. The van der Waals surface area contributed by atoms with E-state index < -0.39 is 18.4 Å². The van der Waals surface area contributed by atoms with Gasteiger partial charge < -0.3 is 34.3 Å². The number of morpholine rings is 1. The molecule has 1 aromatic carbocycles. The summed E-state index contributed by atoms with van der Waals surface area (Å²) in [5.74, 6) is 0.504. The SMILES string of the molecule is CSc1cc(C)[nH]c(=O)c1CNC(=O)c1cc(-c2ccc(N3C[C@@H](C)O[C@@H](C)C3)nc2)c2c(c1C)OC(C)(C1CCC(N(C)CCCC(F)(F)F)CC1)O2. The van der Waals surface area contributed by atoms with Crippen molar-refractivity contribution >= 4 is 23.5 Å². The van der Waals surface area contributed by atoms with E-state index in [1.54, 1.807) is 6.20 Å². The zero-order valence-electron chi connectivity index (χ0n) is 32.2. The number of hydrogen-bond acceptors (Lipinski definition) is 9. The number of anilines is 1. The van der Waals surface area contributed by atoms with Crippen LogP contribution in [0.15, 0.2) is 40.2 Å². The van der Waals surface area contributed by atoms with E-state index in [-0.39, 0.29) is 48.6 Å². The summed E-state index contributed by atoms with van der Waals surface area (Å²) >= 11 is 1.45. The molecule has 14 heteroatoms. The zero-order chi connectivity index (χ0) is 38.9. The van der Waals surface area contributed by atoms with Gasteiger partial charge in [0.25, 0.3) is 17.3 Å². The Kier molecular flexibility index (Phi) is 11.9. The van der Waals surface area contributed by atoms with E-state index in [1.165, 1.54) is 11.8 Å². The monoisotopic (exact) mass is 771 g/mol. The Labute approximate surface area is 319 Å². The summed E-state index contributed by atoms with van der Waals surface area (Å²) in [6.45, 7) is 11.6. The molecular formula is C40H52F3N5O5S. The Morgan fingerprint density at radius 1 is 1.09 bits per heavy atom. The highest BCUT2D eigenvalue weighted by Gasteiger charge is 2.48. The predicted octanol–water partition coefficient (Wildman–Crippen LogP) is 7.64. The standard InChI is InChI=1S/C40H52F3N5O5S/c1-23-17-33(54-7)32(38(50)46-23)20-45-37(49)30-18-31(27-9-14-34(44-19-27)48-21-24(2)51-25(3)22-48)36-35(26(30)4)52-39(5,53-36)28-10-12-29(13-11-28)47(6)16-8-15-40(41,42)43/h9,14,17-19,24-25,28-29H,8,10-13,15-16,20-22H2,1-7H3,(H,45,49)(H,46,50)/t24-,25+,28?,29?,39?. The second-order valence-corrected chi connectivity index (χ2v) is 16.1. The van der Waals surface area contributed by atoms with Crippen molar-refractivity contribution in [1.82, 2.24) is 20.2 Å². The van der Waals surface area contributed by atoms with Gasteiger partial charge in [-0.2, -0.15) is 13.2 Å². The molecule has 0 radical (unpaired) electrons. The van der Waals surface area contributed by atoms with Crippen molar-refractivity contribution in [2.45, 2.75) is 115 Å². The van der Waals surface area contributed by atoms with Gasteiger partial charge in [-0.25, -0.2) is 4.98 Å². The normalized spacial score (nSPS) is 24.2. The molecule has 0 spiro atoms. The Hall–Kier alpha value is -3.75. The number of hydrogen-bond donors (Lipinski definition) is 2. The number of rotatable bonds is 11. The van der Waals surface area contributed by atoms with Gasteiger partial charge in [-0.15, -0.1) is 11.8 Å². The lowest BCUT2D eigenvalue weighted by Crippen LogP contribution is -2.47. The van der Waals surface area contributed by atoms with Crippen molar-refractivity contribution in [3.05, 3.63) is 63.2 Å². The van der Waals surface area contributed by atoms with Gasteiger partial charge in [0.15, 0.2) is 11.5 Å². The van der Waals surface area contributed by atoms with Crippen molar-refractivity contribution in [3.8, 4) is 22.6 Å². The first-order valence-corrected chi connectivity index (χ1v) is 20.0. The van der Waals surface area contributed by atoms with Crippen LogP contribution in [0.3, 0.4) is 0 Å². The number of aromatic nitrogens is 2. The molecule has 1 unspecified atom stereocenters. The summed E-state index contributed by atoms with van der Waals surface area (Å²) in [6.07, 6.45) is 2.17. The molecule has 3 aromatic rings. The van der Waals surface area contributed by atoms with Gasteiger partial charge in [0.2, 0.25) is 0 Å². The number of carbonyl (C=O) groups is 1. The van der Waals surface area contributed by atoms with Crippen LogP contribution in [0.25, 0.3) is 11.1 Å². The Balaban J connectivity index is 1.26. The number of ether oxygens (including phenoxy) is 3. The van der Waals surface area contributed by atoms with Crippen LogP contribution >= 0.6 is 11.8 Å². The molecule has 0 bridgehead atoms. The van der Waals surface area contributed by atoms with Gasteiger partial charge in [0.05, 0.1) is 12.2 Å². The van der Waals surface area contributed by atoms with Crippen LogP contribution < -0.4 is 25.2 Å². The summed E-state index contributed by atoms with van der Waals surface area (Å²) in [7, 11) is 1.90. The molecule has 294 valence electrons. The van der Waals surface area contributed by atoms with E-state index >= 15 is 0 Å². The third-order valence-corrected chi connectivity index (χ3v) is 11.9. The van der Waals surface area contributed by atoms with Crippen LogP contribution in [-0.2, 0) is 11.3 Å². The van der Waals surface area contributed by atoms with Crippen molar-refractivity contribution in [3.63, 3.8) is 0 Å². The first kappa shape index (κ1) is 39.9. The second kappa shape index (κ2) is 16.2. The number of H-pyrrole nitrogens is 1. The maximum atomic E-state index is 14.0. The van der Waals surface area contributed by atoms with Crippen LogP contribution in [-0.4, -0.2) is 83.9 Å². The number of thioether (sulfide) groups is 1. The molecule has 1 saturated carbocycles. The van der Waals surface area contributed by atoms with E-state index in [4.69, 9.17) is 19.2 Å². The molecule has 1 saturated heterocycles. The minimum absolute atomic E-state index is 0.0123. The quantitative estimate of drug-likeness (QED) is 0.190. The van der Waals surface area contributed by atoms with Crippen LogP contribution in [0.2, 0.25) is 0 Å². The molecule has 54 heavy (non-hydrogen) atoms. The number of aryl methyl sites for hydroxylation is 1. The summed E-state index contributed by atoms with van der Waals surface area (Å²) in [6, 6.07) is 7.85. The van der Waals surface area contributed by atoms with E-state index in [9.17, 15) is 22.8 Å². The van der Waals surface area contributed by atoms with E-state index in [1.807, 2.05) is 77.1 Å². The van der Waals surface area contributed by atoms with Gasteiger partial charge in [0.1, 0.15) is 5.82 Å². The lowest BCUT2D eigenvalue weighted by Gasteiger charge is -2.40. The number of nitrogens with one attached hydrogen (secondary N) is 2. The van der Waals surface area contributed by atoms with Gasteiger partial charge in [0, 0.05) is 89.5 Å². The third-order valence-electron chi connectivity index (χ3n) is 11.0. The van der Waals surface area contributed by atoms with Crippen molar-refractivity contribution in [2.24, 2.45) is 5.92 Å². The third kappa shape index (κ3) is 8.86. The number of fused-ring (bicyclic) bond motifs is 1. The lowest BCUT2D eigenvalue weighted by atomic mass is 9.81. The molecule has 2 N–H and O–H groups in total. The number of alkyl halides is 3. The maximum Gasteiger partial charge on any atom is 0.389 e. The highest BCUT2D eigenvalue weighted by atomic mass is 32.2. The van der Waals surface area contributed by atoms with Crippen molar-refractivity contribution < 1.29 is 32.2 Å². The average Bonchev–Trinajstić information content (AvgIpc) is 3.49. The zero-order valence-corrected chi connectivity index (χ0v) is 33.0. The van der Waals surface area contributed by atoms with Crippen molar-refractivity contribution in [2.75, 3.05) is 37.8 Å². The Bertz CT molecular complexity index is 1870. The smallest absolute Gasteiger partial charge is 0.389 e. The number of benzene rings is 1. The Morgan fingerprint density at radius 2 is 1.78 bits per heavy atom. The average molecular weight is 772 g/mol. The number of aromatic amines is 1. The minimum atomic E-state index is -4.15. The van der Waals surface area contributed by atoms with Crippen LogP contribution in [0.5, 0.6) is 11.5 Å². The van der Waals surface area contributed by atoms with E-state index in [0.29, 0.717) is 40.3 Å². The molecule has 3 atom stereocenters. The number of pyridine rings is 2. The molecule has 3 aliphatic rings. The molecular weight excluding hydrogens is 720 g/mol. The summed E-state index contributed by atoms with van der Waals surface area (Å²) < 4.78 is 57.7. The summed E-state index contributed by atoms with van der Waals surface area (Å²) in [4.78, 5) is 39.6. The second-order valence-electron chi connectivity index (χ2n) is 15.3. The van der Waals surface area contributed by atoms with Gasteiger partial charge >= 0.3 is 6.18 Å². The van der Waals surface area contributed by atoms with Crippen LogP contribution in [0, 0.1) is 19.8 Å². The molecule has 2 aliphatic heterocycles. The van der Waals surface area contributed by atoms with Crippen molar-refractivity contribution in [1.29, 1.82) is 0 Å². The van der Waals surface area contributed by atoms with Gasteiger partial charge in [-0.05, 0) is 104 Å². The largest absolute Gasteiger partial charge is 0.448 e. The van der Waals surface area contributed by atoms with E-state index in [2.05, 4.69) is 15.2 Å². The highest BCUT2D eigenvalue weighted by molar-refractivity contribution is 7.98. The molecule has 2 aromatic heterocycles. The minimum Gasteiger partial charge on any atom is -0.448 e. The molecule has 1 aliphatic carbocycles. The van der Waals surface area contributed by atoms with Gasteiger partial charge in [-0.1, -0.05) is 0 Å². The summed E-state index contributed by atoms with van der Waals surface area (Å²) in [5, 5.41) is 2.97. The predicted molar refractivity (Wildman–Crippen MR) is 205 cm³/mol. The number of carbonyl (C=O) groups excluding carboxylic acids is 1. The fraction of sp³-hybridized carbons (Fsp3) is 0.575. The molecule has 6 rings (SSSR count). The van der Waals surface area contributed by atoms with Crippen LogP contribution in [0.1, 0.15) is 86.5 Å². The lowest BCUT2D eigenvalue weighted by molar-refractivity contribution is -0.137. The molecule has 4 heterocycles. The van der Waals surface area contributed by atoms with Crippen LogP contribution in [0.4, 0.5) is 19.0 Å². The number of amides is 1. The van der Waals surface area contributed by atoms with Gasteiger partial charge in [-0.3, -0.25) is 9.59 Å². The maximum absolute atomic E-state index is 14.0. The molecule has 10 nitrogen and oxygen atoms in total. The fourth-order valence-electron chi connectivity index (χ4n) is 8.15. The molecule has 2 fully saturated rings. The topological polar surface area (TPSA) is 109 Å². The molecule has 1 amide bonds. The highest BCUT2D eigenvalue weighted by Crippen LogP contribution is 2.53. The first-order valence-electron chi connectivity index (χ1n) is 18.8. The first-order chi connectivity index (χ1) is 25.5. The summed E-state index contributed by atoms with van der Waals surface area (Å²) in [5.41, 5.74) is 3.44. The number of nitrogens with zero attached hydrogens (tertiary/aromatic N) is 3. The fourth-order valence-corrected chi connectivity index (χ4v) is 8.86. The Morgan fingerprint density at radius 3 is 2.41 bits per heavy atom. The van der Waals surface area contributed by atoms with E-state index in [0.717, 1.165) is 60.7 Å².